The first-order valence-electron chi connectivity index (χ1n) is 25.1. The largest absolute Gasteiger partial charge is 0.481 e. The minimum atomic E-state index is -0.655. The van der Waals surface area contributed by atoms with E-state index in [-0.39, 0.29) is 21.7 Å². The fourth-order valence-electron chi connectivity index (χ4n) is 6.88. The maximum Gasteiger partial charge on any atom is 0.303 e. The molecular formula is C51H103O6Ti-. The molecule has 0 heterocycles. The molecule has 0 amide bonds. The summed E-state index contributed by atoms with van der Waals surface area (Å²) in [5.74, 6) is -1.96. The summed E-state index contributed by atoms with van der Waals surface area (Å²) in [7, 11) is 0. The second kappa shape index (κ2) is 65.3. The molecule has 0 rings (SSSR count). The predicted octanol–water partition coefficient (Wildman–Crippen LogP) is 17.9. The van der Waals surface area contributed by atoms with Gasteiger partial charge >= 0.3 is 17.9 Å². The van der Waals surface area contributed by atoms with Crippen molar-refractivity contribution in [3.8, 4) is 0 Å². The Balaban J connectivity index is -0.000000232. The van der Waals surface area contributed by atoms with E-state index in [1.54, 1.807) is 0 Å². The van der Waals surface area contributed by atoms with E-state index in [0.717, 1.165) is 38.5 Å². The van der Waals surface area contributed by atoms with E-state index in [1.165, 1.54) is 212 Å². The van der Waals surface area contributed by atoms with Gasteiger partial charge in [0.25, 0.3) is 0 Å². The van der Waals surface area contributed by atoms with Gasteiger partial charge in [0.2, 0.25) is 0 Å². The van der Waals surface area contributed by atoms with E-state index < -0.39 is 17.9 Å². The molecule has 348 valence electrons. The summed E-state index contributed by atoms with van der Waals surface area (Å²) >= 11 is 0. The summed E-state index contributed by atoms with van der Waals surface area (Å²) in [5.41, 5.74) is 0. The maximum absolute atomic E-state index is 10.3. The van der Waals surface area contributed by atoms with Crippen LogP contribution in [-0.4, -0.2) is 33.2 Å². The Morgan fingerprint density at radius 2 is 0.379 bits per heavy atom. The second-order valence-corrected chi connectivity index (χ2v) is 16.7. The van der Waals surface area contributed by atoms with Crippen molar-refractivity contribution in [2.24, 2.45) is 0 Å². The van der Waals surface area contributed by atoms with Crippen LogP contribution >= 0.6 is 0 Å². The van der Waals surface area contributed by atoms with Crippen molar-refractivity contribution in [2.75, 3.05) is 0 Å². The van der Waals surface area contributed by atoms with Crippen molar-refractivity contribution in [2.45, 2.75) is 304 Å². The van der Waals surface area contributed by atoms with Crippen LogP contribution in [0.3, 0.4) is 0 Å². The molecule has 0 aromatic rings. The van der Waals surface area contributed by atoms with Gasteiger partial charge in [-0.05, 0) is 19.3 Å². The van der Waals surface area contributed by atoms with Crippen LogP contribution in [0.2, 0.25) is 0 Å². The number of aliphatic carboxylic acids is 3. The second-order valence-electron chi connectivity index (χ2n) is 16.7. The van der Waals surface area contributed by atoms with E-state index >= 15 is 0 Å². The van der Waals surface area contributed by atoms with Crippen molar-refractivity contribution in [1.82, 2.24) is 0 Å². The van der Waals surface area contributed by atoms with E-state index in [4.69, 9.17) is 15.3 Å². The third-order valence-electron chi connectivity index (χ3n) is 10.5. The molecule has 0 aliphatic carbocycles. The van der Waals surface area contributed by atoms with E-state index in [0.29, 0.717) is 19.3 Å². The van der Waals surface area contributed by atoms with Crippen LogP contribution in [0.25, 0.3) is 0 Å². The minimum Gasteiger partial charge on any atom is -0.481 e. The monoisotopic (exact) mass is 860 g/mol. The zero-order valence-electron chi connectivity index (χ0n) is 39.8. The molecule has 58 heavy (non-hydrogen) atoms. The summed E-state index contributed by atoms with van der Waals surface area (Å²) in [4.78, 5) is 30.9. The van der Waals surface area contributed by atoms with Gasteiger partial charge in [0, 0.05) is 41.0 Å². The molecule has 3 N–H and O–H groups in total. The summed E-state index contributed by atoms with van der Waals surface area (Å²) in [5, 5.41) is 25.5. The number of hydrogen-bond donors (Lipinski definition) is 3. The Morgan fingerprint density at radius 1 is 0.276 bits per heavy atom. The topological polar surface area (TPSA) is 112 Å². The Morgan fingerprint density at radius 3 is 0.483 bits per heavy atom. The first-order chi connectivity index (χ1) is 27.7. The molecule has 7 heteroatoms. The molecule has 0 aromatic heterocycles. The van der Waals surface area contributed by atoms with E-state index in [2.05, 4.69) is 20.8 Å². The zero-order chi connectivity index (χ0) is 43.1. The van der Waals surface area contributed by atoms with Crippen molar-refractivity contribution < 1.29 is 51.4 Å². The van der Waals surface area contributed by atoms with Gasteiger partial charge in [-0.25, -0.2) is 0 Å². The Labute approximate surface area is 378 Å². The van der Waals surface area contributed by atoms with E-state index in [1.807, 2.05) is 20.3 Å². The van der Waals surface area contributed by atoms with Crippen LogP contribution in [0, 0.1) is 6.42 Å². The van der Waals surface area contributed by atoms with E-state index in [9.17, 15) is 14.4 Å². The minimum absolute atomic E-state index is 0. The van der Waals surface area contributed by atoms with Crippen LogP contribution in [0.15, 0.2) is 0 Å². The Kier molecular flexibility index (Phi) is 74.5. The maximum atomic E-state index is 10.3. The van der Waals surface area contributed by atoms with Crippen LogP contribution < -0.4 is 0 Å². The van der Waals surface area contributed by atoms with Crippen LogP contribution in [-0.2, 0) is 36.1 Å². The van der Waals surface area contributed by atoms with Crippen molar-refractivity contribution in [3.63, 3.8) is 0 Å². The third kappa shape index (κ3) is 82.9. The molecular weight excluding hydrogens is 756 g/mol. The summed E-state index contributed by atoms with van der Waals surface area (Å²) in [6.45, 7) is 10.8. The van der Waals surface area contributed by atoms with Gasteiger partial charge in [-0.1, -0.05) is 252 Å². The quantitative estimate of drug-likeness (QED) is 0.0320. The molecule has 0 unspecified atom stereocenters. The summed E-state index contributed by atoms with van der Waals surface area (Å²) in [6.07, 6.45) is 53.8. The summed E-state index contributed by atoms with van der Waals surface area (Å²) < 4.78 is 0. The number of rotatable bonds is 42. The molecule has 0 spiro atoms. The molecule has 0 saturated heterocycles. The fourth-order valence-corrected chi connectivity index (χ4v) is 6.88. The molecule has 0 saturated carbocycles. The predicted molar refractivity (Wildman–Crippen MR) is 249 cm³/mol. The molecule has 0 aliphatic rings. The standard InChI is InChI=1S/3C16H32O2.C3H7.Ti/c3*1-2-3-4-5-6-7-8-9-10-11-12-13-14-15-16(17)18;1-3-2;/h3*2-15H2,1H3,(H,17,18);3H,1-2H3;/q;;;-1;. The van der Waals surface area contributed by atoms with Gasteiger partial charge in [-0.15, -0.1) is 0 Å². The Hall–Kier alpha value is -0.876. The SMILES string of the molecule is CCCCCCCCCCCCCCCC(=O)O.CCCCCCCCCCCCCCCC(=O)O.CCCCCCCCCCCCCCCC(=O)O.C[CH-]C.[Ti]. The van der Waals surface area contributed by atoms with Crippen molar-refractivity contribution in [1.29, 1.82) is 0 Å². The third-order valence-corrected chi connectivity index (χ3v) is 10.5. The van der Waals surface area contributed by atoms with Crippen molar-refractivity contribution in [3.05, 3.63) is 6.42 Å². The zero-order valence-corrected chi connectivity index (χ0v) is 41.4. The van der Waals surface area contributed by atoms with Crippen LogP contribution in [0.5, 0.6) is 0 Å². The van der Waals surface area contributed by atoms with Gasteiger partial charge in [0.1, 0.15) is 0 Å². The smallest absolute Gasteiger partial charge is 0.303 e. The van der Waals surface area contributed by atoms with Gasteiger partial charge in [-0.2, -0.15) is 13.8 Å². The van der Waals surface area contributed by atoms with Gasteiger partial charge < -0.3 is 21.7 Å². The molecule has 0 bridgehead atoms. The molecule has 0 atom stereocenters. The van der Waals surface area contributed by atoms with Crippen molar-refractivity contribution >= 4 is 17.9 Å². The number of carboxylic acid groups (broad SMARTS) is 3. The first kappa shape index (κ1) is 66.2. The van der Waals surface area contributed by atoms with Gasteiger partial charge in [-0.3, -0.25) is 14.4 Å². The normalized spacial score (nSPS) is 10.3. The Bertz CT molecular complexity index is 651. The molecule has 6 nitrogen and oxygen atoms in total. The number of carbonyl (C=O) groups is 3. The number of unbranched alkanes of at least 4 members (excludes halogenated alkanes) is 36. The van der Waals surface area contributed by atoms with Gasteiger partial charge in [0.05, 0.1) is 0 Å². The van der Waals surface area contributed by atoms with Crippen LogP contribution in [0.1, 0.15) is 304 Å². The molecule has 0 aromatic carbocycles. The summed E-state index contributed by atoms with van der Waals surface area (Å²) in [6, 6.07) is 0. The van der Waals surface area contributed by atoms with Crippen LogP contribution in [0.4, 0.5) is 0 Å². The number of carboxylic acids is 3. The average molecular weight is 860 g/mol. The first-order valence-corrected chi connectivity index (χ1v) is 25.1. The number of hydrogen-bond acceptors (Lipinski definition) is 3. The fraction of sp³-hybridized carbons (Fsp3) is 0.922. The molecule has 0 fully saturated rings. The van der Waals surface area contributed by atoms with Gasteiger partial charge in [0.15, 0.2) is 0 Å². The molecule has 0 radical (unpaired) electrons. The molecule has 0 aliphatic heterocycles. The average Bonchev–Trinajstić information content (AvgIpc) is 3.17.